The third kappa shape index (κ3) is 44.6. The lowest BCUT2D eigenvalue weighted by molar-refractivity contribution is -0.148. The van der Waals surface area contributed by atoms with Crippen LogP contribution in [0.1, 0.15) is 229 Å². The quantitative estimate of drug-likeness (QED) is 0.0399. The van der Waals surface area contributed by atoms with Gasteiger partial charge < -0.3 is 24.2 Å². The predicted octanol–water partition coefficient (Wildman–Crippen LogP) is 12.2. The molecule has 8 heteroatoms. The summed E-state index contributed by atoms with van der Waals surface area (Å²) in [6, 6.07) is 0.438. The number of unbranched alkanes of at least 4 members (excludes halogenated alkanes) is 16. The molecule has 0 bridgehead atoms. The second kappa shape index (κ2) is 45.6. The number of carbonyl (C=O) groups excluding carboxylic acids is 4. The highest BCUT2D eigenvalue weighted by molar-refractivity contribution is 5.75. The van der Waals surface area contributed by atoms with Gasteiger partial charge >= 0.3 is 5.97 Å². The van der Waals surface area contributed by atoms with Gasteiger partial charge in [-0.05, 0) is 65.3 Å². The van der Waals surface area contributed by atoms with Crippen LogP contribution in [0, 0.1) is 5.92 Å². The Morgan fingerprint density at radius 3 is 1.63 bits per heavy atom. The van der Waals surface area contributed by atoms with Crippen LogP contribution in [0.3, 0.4) is 0 Å². The van der Waals surface area contributed by atoms with Gasteiger partial charge in [0.1, 0.15) is 17.7 Å². The average Bonchev–Trinajstić information content (AvgIpc) is 3.50. The number of ketones is 2. The van der Waals surface area contributed by atoms with E-state index in [4.69, 9.17) is 9.84 Å². The van der Waals surface area contributed by atoms with Crippen LogP contribution in [0.4, 0.5) is 0 Å². The van der Waals surface area contributed by atoms with Crippen LogP contribution >= 0.6 is 0 Å². The zero-order chi connectivity index (χ0) is 41.1. The summed E-state index contributed by atoms with van der Waals surface area (Å²) < 4.78 is 9.98. The topological polar surface area (TPSA) is 110 Å². The van der Waals surface area contributed by atoms with Crippen molar-refractivity contribution in [3.05, 3.63) is 0 Å². The summed E-state index contributed by atoms with van der Waals surface area (Å²) >= 11 is 0. The van der Waals surface area contributed by atoms with E-state index >= 15 is 0 Å². The number of ether oxygens (including phenoxy) is 2. The molecule has 54 heavy (non-hydrogen) atoms. The van der Waals surface area contributed by atoms with Gasteiger partial charge in [0, 0.05) is 44.9 Å². The minimum Gasteiger partial charge on any atom is -0.468 e. The van der Waals surface area contributed by atoms with Crippen molar-refractivity contribution in [2.45, 2.75) is 241 Å². The Morgan fingerprint density at radius 2 is 1.15 bits per heavy atom. The standard InChI is InChI=1S/C18H38.C16H29NO4.C10H18O3.C2H6/c1-4-6-8-10-12-14-16-18(3)17-15-13-11-9-7-5-2;1-13-11-15(21-16(20)8-6-10-18)12-17(13)9-5-3-4-7-14(2)19;1-10(12)7-5-3-2-4-6-8-13-9-11;1-2/h18H,4-17H2,1-3H3;13,15,18H,3-12H2,1-2H3;9H,2-8H2,1H3;1-2H3. The van der Waals surface area contributed by atoms with Crippen molar-refractivity contribution in [3.8, 4) is 0 Å². The second-order valence-electron chi connectivity index (χ2n) is 15.4. The molecule has 1 aliphatic heterocycles. The Balaban J connectivity index is -0.000000724. The van der Waals surface area contributed by atoms with Crippen LogP contribution in [0.5, 0.6) is 0 Å². The Labute approximate surface area is 335 Å². The van der Waals surface area contributed by atoms with E-state index in [1.807, 2.05) is 13.8 Å². The van der Waals surface area contributed by atoms with Gasteiger partial charge in [0.2, 0.25) is 0 Å². The molecule has 0 aromatic heterocycles. The molecular formula is C46H91NO7. The normalized spacial score (nSPS) is 14.9. The first-order chi connectivity index (χ1) is 26.1. The molecule has 0 amide bonds. The summed E-state index contributed by atoms with van der Waals surface area (Å²) in [5.41, 5.74) is 0. The van der Waals surface area contributed by atoms with Crippen LogP contribution in [0.2, 0.25) is 0 Å². The van der Waals surface area contributed by atoms with Gasteiger partial charge in [-0.1, -0.05) is 150 Å². The van der Waals surface area contributed by atoms with Crippen molar-refractivity contribution >= 4 is 24.0 Å². The summed E-state index contributed by atoms with van der Waals surface area (Å²) in [5, 5.41) is 8.70. The maximum atomic E-state index is 11.6. The molecule has 1 heterocycles. The lowest BCUT2D eigenvalue weighted by atomic mass is 9.96. The molecular weight excluding hydrogens is 679 g/mol. The molecule has 0 aromatic rings. The largest absolute Gasteiger partial charge is 0.468 e. The molecule has 8 nitrogen and oxygen atoms in total. The molecule has 0 aromatic carbocycles. The number of Topliss-reactive ketones (excluding diaryl/α,β-unsaturated/α-hetero) is 2. The SMILES string of the molecule is CC.CC(=O)CCCCCCCOC=O.CC(=O)CCCCCN1CC(OC(=O)CCCO)CC1C.CCCCCCCCC(C)CCCCCCCC. The van der Waals surface area contributed by atoms with Crippen molar-refractivity contribution in [2.75, 3.05) is 26.3 Å². The smallest absolute Gasteiger partial charge is 0.306 e. The molecule has 1 rings (SSSR count). The summed E-state index contributed by atoms with van der Waals surface area (Å²) in [5.74, 6) is 1.30. The number of carbonyl (C=O) groups is 4. The number of esters is 1. The number of hydrogen-bond donors (Lipinski definition) is 1. The highest BCUT2D eigenvalue weighted by Crippen LogP contribution is 2.22. The van der Waals surface area contributed by atoms with E-state index in [1.165, 1.54) is 89.9 Å². The number of hydrogen-bond acceptors (Lipinski definition) is 8. The fourth-order valence-corrected chi connectivity index (χ4v) is 6.60. The Morgan fingerprint density at radius 1 is 0.685 bits per heavy atom. The maximum absolute atomic E-state index is 11.6. The molecule has 1 saturated heterocycles. The zero-order valence-electron chi connectivity index (χ0n) is 37.1. The van der Waals surface area contributed by atoms with Gasteiger partial charge in [0.05, 0.1) is 6.61 Å². The molecule has 2 unspecified atom stereocenters. The van der Waals surface area contributed by atoms with Crippen LogP contribution in [0.15, 0.2) is 0 Å². The highest BCUT2D eigenvalue weighted by atomic mass is 16.5. The Bertz CT molecular complexity index is 805. The summed E-state index contributed by atoms with van der Waals surface area (Å²) in [6.07, 6.45) is 31.7. The van der Waals surface area contributed by atoms with E-state index in [0.29, 0.717) is 44.8 Å². The lowest BCUT2D eigenvalue weighted by Gasteiger charge is -2.20. The van der Waals surface area contributed by atoms with Crippen LogP contribution < -0.4 is 0 Å². The molecule has 0 radical (unpaired) electrons. The third-order valence-corrected chi connectivity index (χ3v) is 9.94. The second-order valence-corrected chi connectivity index (χ2v) is 15.4. The third-order valence-electron chi connectivity index (χ3n) is 9.94. The van der Waals surface area contributed by atoms with Crippen molar-refractivity contribution in [2.24, 2.45) is 5.92 Å². The van der Waals surface area contributed by atoms with Gasteiger partial charge in [-0.15, -0.1) is 0 Å². The summed E-state index contributed by atoms with van der Waals surface area (Å²) in [6.45, 7) is 19.3. The summed E-state index contributed by atoms with van der Waals surface area (Å²) in [7, 11) is 0. The first-order valence-electron chi connectivity index (χ1n) is 22.7. The van der Waals surface area contributed by atoms with E-state index in [-0.39, 0.29) is 30.2 Å². The van der Waals surface area contributed by atoms with E-state index in [1.54, 1.807) is 13.8 Å². The maximum Gasteiger partial charge on any atom is 0.306 e. The number of aliphatic hydroxyl groups is 1. The predicted molar refractivity (Wildman–Crippen MR) is 228 cm³/mol. The number of likely N-dealkylation sites (tertiary alicyclic amines) is 1. The van der Waals surface area contributed by atoms with Crippen LogP contribution in [-0.4, -0.2) is 72.5 Å². The lowest BCUT2D eigenvalue weighted by Crippen LogP contribution is -2.29. The average molecular weight is 770 g/mol. The van der Waals surface area contributed by atoms with Gasteiger partial charge in [-0.2, -0.15) is 0 Å². The molecule has 1 aliphatic rings. The molecule has 0 aliphatic carbocycles. The molecule has 0 spiro atoms. The first-order valence-corrected chi connectivity index (χ1v) is 22.7. The van der Waals surface area contributed by atoms with E-state index in [9.17, 15) is 19.2 Å². The summed E-state index contributed by atoms with van der Waals surface area (Å²) in [4.78, 5) is 45.1. The fourth-order valence-electron chi connectivity index (χ4n) is 6.60. The molecule has 322 valence electrons. The van der Waals surface area contributed by atoms with Crippen LogP contribution in [-0.2, 0) is 28.7 Å². The van der Waals surface area contributed by atoms with E-state index < -0.39 is 0 Å². The number of nitrogens with zero attached hydrogens (tertiary/aromatic N) is 1. The van der Waals surface area contributed by atoms with Crippen molar-refractivity contribution in [1.29, 1.82) is 0 Å². The molecule has 1 fully saturated rings. The Kier molecular flexibility index (Phi) is 47.7. The Hall–Kier alpha value is -1.80. The van der Waals surface area contributed by atoms with Gasteiger partial charge in [-0.3, -0.25) is 14.5 Å². The molecule has 2 atom stereocenters. The van der Waals surface area contributed by atoms with Gasteiger partial charge in [-0.25, -0.2) is 0 Å². The first kappa shape index (κ1) is 56.5. The van der Waals surface area contributed by atoms with E-state index in [0.717, 1.165) is 76.8 Å². The number of aliphatic hydroxyl groups excluding tert-OH is 1. The zero-order valence-corrected chi connectivity index (χ0v) is 37.1. The van der Waals surface area contributed by atoms with Crippen molar-refractivity contribution in [3.63, 3.8) is 0 Å². The van der Waals surface area contributed by atoms with Crippen molar-refractivity contribution < 1.29 is 33.8 Å². The van der Waals surface area contributed by atoms with Crippen molar-refractivity contribution in [1.82, 2.24) is 4.90 Å². The molecule has 0 saturated carbocycles. The van der Waals surface area contributed by atoms with Gasteiger partial charge in [0.25, 0.3) is 6.47 Å². The highest BCUT2D eigenvalue weighted by Gasteiger charge is 2.30. The van der Waals surface area contributed by atoms with Gasteiger partial charge in [0.15, 0.2) is 0 Å². The minimum absolute atomic E-state index is 0.0107. The van der Waals surface area contributed by atoms with Crippen LogP contribution in [0.25, 0.3) is 0 Å². The molecule has 1 N–H and O–H groups in total. The monoisotopic (exact) mass is 770 g/mol. The minimum atomic E-state index is -0.204. The fraction of sp³-hybridized carbons (Fsp3) is 0.913. The van der Waals surface area contributed by atoms with E-state index in [2.05, 4.69) is 37.3 Å². The number of rotatable bonds is 33.